The first kappa shape index (κ1) is 12.0. The second kappa shape index (κ2) is 4.88. The van der Waals surface area contributed by atoms with Crippen LogP contribution in [0.4, 0.5) is 10.8 Å². The molecule has 2 aromatic carbocycles. The molecule has 0 aliphatic carbocycles. The van der Waals surface area contributed by atoms with Crippen LogP contribution in [0.25, 0.3) is 10.2 Å². The number of anilines is 2. The first-order chi connectivity index (χ1) is 8.70. The molecule has 0 aliphatic heterocycles. The SMILES string of the molecule is Clc1ccc2sc(Nc3cccc(Br)c3)nc2c1. The highest BCUT2D eigenvalue weighted by Gasteiger charge is 2.04. The molecule has 0 saturated carbocycles. The first-order valence-electron chi connectivity index (χ1n) is 5.29. The van der Waals surface area contributed by atoms with Crippen molar-refractivity contribution in [3.8, 4) is 0 Å². The number of thiazole rings is 1. The average Bonchev–Trinajstić information content (AvgIpc) is 2.70. The van der Waals surface area contributed by atoms with E-state index in [2.05, 4.69) is 26.2 Å². The van der Waals surface area contributed by atoms with Crippen LogP contribution in [0.2, 0.25) is 5.02 Å². The fourth-order valence-corrected chi connectivity index (χ4v) is 3.08. The predicted octanol–water partition coefficient (Wildman–Crippen LogP) is 5.46. The minimum absolute atomic E-state index is 0.710. The maximum absolute atomic E-state index is 5.95. The van der Waals surface area contributed by atoms with Crippen molar-refractivity contribution < 1.29 is 0 Å². The van der Waals surface area contributed by atoms with Gasteiger partial charge in [0.15, 0.2) is 5.13 Å². The Morgan fingerprint density at radius 1 is 1.17 bits per heavy atom. The number of fused-ring (bicyclic) bond motifs is 1. The Hall–Kier alpha value is -1.10. The van der Waals surface area contributed by atoms with Crippen molar-refractivity contribution >= 4 is 59.9 Å². The molecule has 0 saturated heterocycles. The number of aromatic nitrogens is 1. The van der Waals surface area contributed by atoms with E-state index in [1.165, 1.54) is 0 Å². The van der Waals surface area contributed by atoms with Gasteiger partial charge in [0, 0.05) is 15.2 Å². The third kappa shape index (κ3) is 2.51. The summed E-state index contributed by atoms with van der Waals surface area (Å²) in [6, 6.07) is 13.7. The molecule has 0 unspecified atom stereocenters. The fourth-order valence-electron chi connectivity index (χ4n) is 1.64. The molecule has 0 bridgehead atoms. The zero-order chi connectivity index (χ0) is 12.5. The van der Waals surface area contributed by atoms with Crippen molar-refractivity contribution in [3.63, 3.8) is 0 Å². The number of hydrogen-bond donors (Lipinski definition) is 1. The van der Waals surface area contributed by atoms with E-state index in [1.54, 1.807) is 11.3 Å². The van der Waals surface area contributed by atoms with Gasteiger partial charge in [0.2, 0.25) is 0 Å². The standard InChI is InChI=1S/C13H8BrClN2S/c14-8-2-1-3-10(6-8)16-13-17-11-7-9(15)4-5-12(11)18-13/h1-7H,(H,16,17). The smallest absolute Gasteiger partial charge is 0.188 e. The highest BCUT2D eigenvalue weighted by molar-refractivity contribution is 9.10. The van der Waals surface area contributed by atoms with Gasteiger partial charge in [0.25, 0.3) is 0 Å². The van der Waals surface area contributed by atoms with Crippen LogP contribution in [-0.4, -0.2) is 4.98 Å². The first-order valence-corrected chi connectivity index (χ1v) is 7.28. The summed E-state index contributed by atoms with van der Waals surface area (Å²) in [4.78, 5) is 4.51. The zero-order valence-corrected chi connectivity index (χ0v) is 12.3. The molecule has 0 fully saturated rings. The minimum atomic E-state index is 0.710. The summed E-state index contributed by atoms with van der Waals surface area (Å²) in [6.45, 7) is 0. The van der Waals surface area contributed by atoms with Gasteiger partial charge in [-0.15, -0.1) is 0 Å². The Bertz CT molecular complexity index is 711. The molecule has 5 heteroatoms. The lowest BCUT2D eigenvalue weighted by Crippen LogP contribution is -1.88. The molecular formula is C13H8BrClN2S. The third-order valence-corrected chi connectivity index (χ3v) is 4.11. The normalized spacial score (nSPS) is 10.8. The summed E-state index contributed by atoms with van der Waals surface area (Å²) in [5.74, 6) is 0. The van der Waals surface area contributed by atoms with Crippen molar-refractivity contribution in [2.24, 2.45) is 0 Å². The largest absolute Gasteiger partial charge is 0.331 e. The molecule has 2 nitrogen and oxygen atoms in total. The van der Waals surface area contributed by atoms with E-state index in [-0.39, 0.29) is 0 Å². The number of halogens is 2. The van der Waals surface area contributed by atoms with E-state index in [1.807, 2.05) is 42.5 Å². The highest BCUT2D eigenvalue weighted by atomic mass is 79.9. The van der Waals surface area contributed by atoms with Crippen LogP contribution >= 0.6 is 38.9 Å². The molecule has 3 aromatic rings. The monoisotopic (exact) mass is 338 g/mol. The summed E-state index contributed by atoms with van der Waals surface area (Å²) in [7, 11) is 0. The van der Waals surface area contributed by atoms with Gasteiger partial charge >= 0.3 is 0 Å². The number of benzene rings is 2. The summed E-state index contributed by atoms with van der Waals surface area (Å²) >= 11 is 11.0. The molecule has 90 valence electrons. The molecule has 18 heavy (non-hydrogen) atoms. The van der Waals surface area contributed by atoms with Gasteiger partial charge in [0.05, 0.1) is 10.2 Å². The van der Waals surface area contributed by atoms with Gasteiger partial charge in [0.1, 0.15) is 0 Å². The number of hydrogen-bond acceptors (Lipinski definition) is 3. The Labute approximate surface area is 122 Å². The van der Waals surface area contributed by atoms with E-state index < -0.39 is 0 Å². The lowest BCUT2D eigenvalue weighted by atomic mass is 10.3. The topological polar surface area (TPSA) is 24.9 Å². The Morgan fingerprint density at radius 3 is 2.89 bits per heavy atom. The quantitative estimate of drug-likeness (QED) is 0.671. The van der Waals surface area contributed by atoms with Crippen LogP contribution in [0, 0.1) is 0 Å². The molecule has 0 radical (unpaired) electrons. The molecule has 0 spiro atoms. The Balaban J connectivity index is 1.95. The van der Waals surface area contributed by atoms with Gasteiger partial charge in [-0.05, 0) is 36.4 Å². The zero-order valence-electron chi connectivity index (χ0n) is 9.15. The summed E-state index contributed by atoms with van der Waals surface area (Å²) in [5, 5.41) is 4.86. The molecule has 1 heterocycles. The van der Waals surface area contributed by atoms with E-state index in [0.29, 0.717) is 5.02 Å². The average molecular weight is 340 g/mol. The number of rotatable bonds is 2. The lowest BCUT2D eigenvalue weighted by Gasteiger charge is -2.01. The van der Waals surface area contributed by atoms with Crippen molar-refractivity contribution in [3.05, 3.63) is 52.0 Å². The van der Waals surface area contributed by atoms with Crippen molar-refractivity contribution in [1.29, 1.82) is 0 Å². The molecule has 0 amide bonds. The van der Waals surface area contributed by atoms with Crippen molar-refractivity contribution in [2.45, 2.75) is 0 Å². The third-order valence-electron chi connectivity index (χ3n) is 2.43. The summed E-state index contributed by atoms with van der Waals surface area (Å²) < 4.78 is 2.16. The number of nitrogens with zero attached hydrogens (tertiary/aromatic N) is 1. The van der Waals surface area contributed by atoms with Gasteiger partial charge in [-0.25, -0.2) is 4.98 Å². The van der Waals surface area contributed by atoms with Crippen molar-refractivity contribution in [1.82, 2.24) is 4.98 Å². The van der Waals surface area contributed by atoms with Crippen LogP contribution in [0.15, 0.2) is 46.9 Å². The molecule has 0 aliphatic rings. The van der Waals surface area contributed by atoms with Crippen LogP contribution in [-0.2, 0) is 0 Å². The van der Waals surface area contributed by atoms with E-state index in [9.17, 15) is 0 Å². The predicted molar refractivity (Wildman–Crippen MR) is 82.1 cm³/mol. The van der Waals surface area contributed by atoms with E-state index in [4.69, 9.17) is 11.6 Å². The summed E-state index contributed by atoms with van der Waals surface area (Å²) in [6.07, 6.45) is 0. The van der Waals surface area contributed by atoms with Crippen LogP contribution < -0.4 is 5.32 Å². The molecule has 0 atom stereocenters. The van der Waals surface area contributed by atoms with Crippen LogP contribution in [0.3, 0.4) is 0 Å². The Kier molecular flexibility index (Phi) is 3.24. The van der Waals surface area contributed by atoms with Crippen molar-refractivity contribution in [2.75, 3.05) is 5.32 Å². The van der Waals surface area contributed by atoms with Gasteiger partial charge in [-0.3, -0.25) is 0 Å². The highest BCUT2D eigenvalue weighted by Crippen LogP contribution is 2.30. The lowest BCUT2D eigenvalue weighted by molar-refractivity contribution is 1.44. The minimum Gasteiger partial charge on any atom is -0.331 e. The number of nitrogens with one attached hydrogen (secondary N) is 1. The maximum atomic E-state index is 5.95. The second-order valence-corrected chi connectivity index (χ2v) is 6.15. The van der Waals surface area contributed by atoms with Crippen LogP contribution in [0.1, 0.15) is 0 Å². The van der Waals surface area contributed by atoms with Gasteiger partial charge in [-0.2, -0.15) is 0 Å². The second-order valence-electron chi connectivity index (χ2n) is 3.77. The Morgan fingerprint density at radius 2 is 2.06 bits per heavy atom. The fraction of sp³-hybridized carbons (Fsp3) is 0. The molecule has 1 N–H and O–H groups in total. The van der Waals surface area contributed by atoms with E-state index >= 15 is 0 Å². The molecule has 3 rings (SSSR count). The maximum Gasteiger partial charge on any atom is 0.188 e. The van der Waals surface area contributed by atoms with E-state index in [0.717, 1.165) is 25.5 Å². The molecular weight excluding hydrogens is 332 g/mol. The van der Waals surface area contributed by atoms with Gasteiger partial charge in [-0.1, -0.05) is 44.9 Å². The van der Waals surface area contributed by atoms with Crippen LogP contribution in [0.5, 0.6) is 0 Å². The summed E-state index contributed by atoms with van der Waals surface area (Å²) in [5.41, 5.74) is 1.93. The molecule has 1 aromatic heterocycles. The van der Waals surface area contributed by atoms with Gasteiger partial charge < -0.3 is 5.32 Å².